The number of thiophene rings is 5. The first-order valence-corrected chi connectivity index (χ1v) is 43.2. The zero-order valence-electron chi connectivity index (χ0n) is 63.6. The van der Waals surface area contributed by atoms with Gasteiger partial charge in [0.2, 0.25) is 5.91 Å². The molecule has 0 spiro atoms. The monoisotopic (exact) mass is 2170 g/mol. The van der Waals surface area contributed by atoms with E-state index in [-0.39, 0.29) is 136 Å². The van der Waals surface area contributed by atoms with Crippen LogP contribution in [0.25, 0.3) is 51.1 Å². The van der Waals surface area contributed by atoms with Gasteiger partial charge in [0, 0.05) is 106 Å². The number of isothiocyanates is 1. The first-order valence-electron chi connectivity index (χ1n) is 34.4. The number of aliphatic imine (C=N–C) groups is 1. The molecular weight excluding hydrogens is 2100 g/mol. The van der Waals surface area contributed by atoms with Gasteiger partial charge in [0.15, 0.2) is 51.4 Å². The number of hydrogen-bond donors (Lipinski definition) is 4. The average Bonchev–Trinajstić information content (AvgIpc) is 1.78. The number of nitrogens with two attached hydrogens (primary N) is 1. The molecule has 1 aliphatic heterocycles. The van der Waals surface area contributed by atoms with Gasteiger partial charge in [0.05, 0.1) is 116 Å². The number of ether oxygens (including phenoxy) is 4. The number of amides is 2. The summed E-state index contributed by atoms with van der Waals surface area (Å²) in [7, 11) is 0. The standard InChI is InChI=1S/C22H15BrFN3O2S2.C13H6BrFN2O3S.C13H8BrFN2OS.C9H7NOS.C7H3BrClNS.C7H4ClNS.C6H4FNO3.C4H8O.6CH4.B.Na.H/c23-19-12-16-21(31-19)18(8-9-25-16)29-17-7-6-14(11-15(17)24)26-22(30)27-20(28)10-13-4-2-1-3-5-13;14-12-6-9-13(21-12)11(3-4-16-9)20-10-2-1-7(17(18)19)5-8(10)15;14-12-6-9-13(19-12)11(3-4-17-9)18-10-2-1-7(16)5-8(10)15;11-9(10-7-12)6-8-4-2-1-3-5-8;8-6-3-5-7(11-6)4(9)1-2-10-5;8-5-1-3-9-6-2-4-10-7(5)6;7-5-3-4(8(10)11)1-2-6(5)9;1-2-4-5-3-1;;;;;;;;;/h1-9,11-12H,10H2,(H2,26,27,28,30);1-6H;1-6H,16H2;1-5H,6H2;1-3H;1-4H;1-3,9H;1-4H2;6*1H4;;;/q;;;;;;;;;;;;;;;+1;-1. The van der Waals surface area contributed by atoms with E-state index < -0.39 is 38.9 Å². The van der Waals surface area contributed by atoms with Crippen molar-refractivity contribution in [2.45, 2.75) is 70.2 Å². The fourth-order valence-electron chi connectivity index (χ4n) is 10.0. The van der Waals surface area contributed by atoms with E-state index in [1.165, 1.54) is 83.3 Å². The molecule has 0 bridgehead atoms. The Morgan fingerprint density at radius 1 is 0.523 bits per heavy atom. The minimum absolute atomic E-state index is 0. The normalized spacial score (nSPS) is 10.3. The Morgan fingerprint density at radius 2 is 0.914 bits per heavy atom. The molecular formula is C87H80BBr4Cl2F4N11NaO11S7. The van der Waals surface area contributed by atoms with Gasteiger partial charge in [-0.1, -0.05) is 128 Å². The van der Waals surface area contributed by atoms with E-state index in [2.05, 4.69) is 116 Å². The van der Waals surface area contributed by atoms with E-state index in [9.17, 15) is 47.4 Å². The Morgan fingerprint density at radius 3 is 1.32 bits per heavy atom. The molecule has 16 aromatic rings. The van der Waals surface area contributed by atoms with Crippen LogP contribution in [0.2, 0.25) is 10.0 Å². The predicted octanol–water partition coefficient (Wildman–Crippen LogP) is 26.8. The summed E-state index contributed by atoms with van der Waals surface area (Å²) in [4.78, 5) is 66.6. The van der Waals surface area contributed by atoms with Crippen LogP contribution >= 0.6 is 168 Å². The molecule has 128 heavy (non-hydrogen) atoms. The zero-order chi connectivity index (χ0) is 85.8. The summed E-state index contributed by atoms with van der Waals surface area (Å²) in [5.74, 6) is -2.24. The van der Waals surface area contributed by atoms with E-state index in [0.29, 0.717) is 41.1 Å². The topological polar surface area (TPSA) is 304 Å². The first-order chi connectivity index (χ1) is 57.7. The van der Waals surface area contributed by atoms with Crippen LogP contribution in [0.15, 0.2) is 251 Å². The molecule has 1 fully saturated rings. The van der Waals surface area contributed by atoms with Crippen LogP contribution in [-0.4, -0.2) is 83.6 Å². The third-order valence-corrected chi connectivity index (χ3v) is 24.1. The number of phenols is 1. The summed E-state index contributed by atoms with van der Waals surface area (Å²) in [6.45, 7) is 2.00. The van der Waals surface area contributed by atoms with Gasteiger partial charge in [0.25, 0.3) is 17.3 Å². The van der Waals surface area contributed by atoms with Crippen molar-refractivity contribution in [3.05, 3.63) is 310 Å². The van der Waals surface area contributed by atoms with Gasteiger partial charge in [-0.2, -0.15) is 4.99 Å². The van der Waals surface area contributed by atoms with Crippen molar-refractivity contribution in [2.75, 3.05) is 24.3 Å². The summed E-state index contributed by atoms with van der Waals surface area (Å²) in [5, 5.41) is 40.3. The number of rotatable bonds is 13. The molecule has 0 unspecified atom stereocenters. The second kappa shape index (κ2) is 57.7. The Labute approximate surface area is 836 Å². The molecule has 22 nitrogen and oxygen atoms in total. The Balaban J connectivity index is 0.000000762. The van der Waals surface area contributed by atoms with Crippen molar-refractivity contribution in [1.82, 2.24) is 30.2 Å². The number of nitrogens with one attached hydrogen (secondary N) is 2. The van der Waals surface area contributed by atoms with E-state index in [0.717, 1.165) is 119 Å². The quantitative estimate of drug-likeness (QED) is 0.0159. The number of anilines is 2. The second-order valence-electron chi connectivity index (χ2n) is 23.9. The summed E-state index contributed by atoms with van der Waals surface area (Å²) in [5.41, 5.74) is 11.6. The number of aromatic nitrogens is 5. The van der Waals surface area contributed by atoms with Gasteiger partial charge in [-0.15, -0.1) is 56.7 Å². The molecule has 0 atom stereocenters. The van der Waals surface area contributed by atoms with Gasteiger partial charge in [0.1, 0.15) is 17.2 Å². The maximum atomic E-state index is 14.6. The summed E-state index contributed by atoms with van der Waals surface area (Å²) >= 11 is 42.4. The molecule has 3 radical (unpaired) electrons. The van der Waals surface area contributed by atoms with E-state index in [1.54, 1.807) is 96.1 Å². The van der Waals surface area contributed by atoms with Crippen LogP contribution < -0.4 is 60.1 Å². The van der Waals surface area contributed by atoms with Gasteiger partial charge in [-0.05, 0) is 196 Å². The van der Waals surface area contributed by atoms with Crippen LogP contribution in [0.5, 0.6) is 40.2 Å². The largest absolute Gasteiger partial charge is 1.00 e. The van der Waals surface area contributed by atoms with Crippen LogP contribution in [0.1, 0.15) is 70.0 Å². The number of carbonyl (C=O) groups is 2. The smallest absolute Gasteiger partial charge is 1.00 e. The number of fused-ring (bicyclic) bond motifs is 5. The molecule has 6 aromatic carbocycles. The van der Waals surface area contributed by atoms with Crippen molar-refractivity contribution in [3.8, 4) is 40.2 Å². The average molecular weight is 2180 g/mol. The maximum absolute atomic E-state index is 14.6. The van der Waals surface area contributed by atoms with Crippen molar-refractivity contribution in [2.24, 2.45) is 4.99 Å². The number of carbonyl (C=O) groups excluding carboxylic acids is 2. The molecule has 5 N–H and O–H groups in total. The number of non-ortho nitro benzene ring substituents is 2. The van der Waals surface area contributed by atoms with Crippen LogP contribution in [-0.2, 0) is 27.2 Å². The number of phenolic OH excluding ortho intramolecular Hbond substituents is 1. The molecule has 17 rings (SSSR count). The number of nitrogen functional groups attached to an aromatic ring is 1. The fourth-order valence-corrected chi connectivity index (χ4v) is 17.6. The summed E-state index contributed by atoms with van der Waals surface area (Å²) in [6, 6.07) is 51.5. The predicted molar refractivity (Wildman–Crippen MR) is 536 cm³/mol. The van der Waals surface area contributed by atoms with Crippen LogP contribution in [0.3, 0.4) is 0 Å². The molecule has 10 aromatic heterocycles. The number of benzene rings is 6. The minimum atomic E-state index is -0.987. The second-order valence-corrected chi connectivity index (χ2v) is 35.9. The van der Waals surface area contributed by atoms with E-state index in [1.807, 2.05) is 102 Å². The zero-order valence-corrected chi connectivity index (χ0v) is 78.2. The summed E-state index contributed by atoms with van der Waals surface area (Å²) in [6.07, 6.45) is 11.3. The number of nitro groups is 2. The van der Waals surface area contributed by atoms with Crippen molar-refractivity contribution >= 4 is 272 Å². The first kappa shape index (κ1) is 115. The number of nitro benzene ring substituents is 2. The Hall–Kier alpha value is -9.26. The molecule has 41 heteroatoms. The Kier molecular flexibility index (Phi) is 51.8. The van der Waals surface area contributed by atoms with Crippen molar-refractivity contribution < 1.29 is 92.0 Å². The number of thiocarbonyl (C=S) groups is 2. The molecule has 0 aliphatic carbocycles. The molecule has 1 saturated heterocycles. The number of nitrogens with zero attached hydrogens (tertiary/aromatic N) is 8. The van der Waals surface area contributed by atoms with Crippen molar-refractivity contribution in [3.63, 3.8) is 0 Å². The number of pyridine rings is 5. The van der Waals surface area contributed by atoms with Gasteiger partial charge >= 0.3 is 29.6 Å². The molecule has 665 valence electrons. The summed E-state index contributed by atoms with van der Waals surface area (Å²) < 4.78 is 84.8. The van der Waals surface area contributed by atoms with Gasteiger partial charge < -0.3 is 41.8 Å². The maximum Gasteiger partial charge on any atom is 1.00 e. The van der Waals surface area contributed by atoms with Crippen LogP contribution in [0, 0.1) is 43.5 Å². The molecule has 0 saturated carbocycles. The number of halogens is 10. The van der Waals surface area contributed by atoms with E-state index in [4.69, 9.17) is 65.2 Å². The van der Waals surface area contributed by atoms with E-state index >= 15 is 0 Å². The molecule has 2 amide bonds. The Bertz CT molecular complexity index is 6380. The van der Waals surface area contributed by atoms with Crippen molar-refractivity contribution in [1.29, 1.82) is 0 Å². The number of hydrogen-bond acceptors (Lipinski definition) is 24. The van der Waals surface area contributed by atoms with Crippen LogP contribution in [0.4, 0.5) is 40.3 Å². The minimum Gasteiger partial charge on any atom is -1.00 e. The molecule has 11 heterocycles. The fraction of sp³-hybridized carbons (Fsp3) is 0.138. The SMILES string of the molecule is C.C.C.C.C.C.C1CCOC1.Clc1ccnc2cc(Br)sc12.Clc1ccnc2ccsc12.Nc1ccc(Oc2ccnc3cc(Br)sc23)c(F)c1.O=C(Cc1ccccc1)N=C=S.O=C(Cc1ccccc1)NC(=S)Nc1ccc(Oc2ccnc3cc(Br)sc23)c(F)c1.O=[N+]([O-])c1ccc(O)c(F)c1.O=[N+]([O-])c1ccc(Oc2ccnc3cc(Br)sc23)c(F)c1.[B].[H-].[Na+]. The van der Waals surface area contributed by atoms with Gasteiger partial charge in [-0.25, -0.2) is 17.6 Å². The van der Waals surface area contributed by atoms with Gasteiger partial charge in [-0.3, -0.25) is 54.7 Å². The third kappa shape index (κ3) is 35.2. The number of aromatic hydroxyl groups is 1. The third-order valence-electron chi connectivity index (χ3n) is 15.4. The molecule has 1 aliphatic rings.